The first-order valence-electron chi connectivity index (χ1n) is 19.7. The molecule has 0 radical (unpaired) electrons. The Kier molecular flexibility index (Phi) is 6.98. The summed E-state index contributed by atoms with van der Waals surface area (Å²) < 4.78 is 6.29. The molecule has 1 aromatic heterocycles. The number of anilines is 3. The molecule has 2 aliphatic rings. The Hall–Kier alpha value is -6.64. The molecule has 11 rings (SSSR count). The van der Waals surface area contributed by atoms with Gasteiger partial charge in [0, 0.05) is 38.7 Å². The number of rotatable bonds is 5. The molecule has 0 N–H and O–H groups in total. The lowest BCUT2D eigenvalue weighted by atomic mass is 9.82. The number of hydrogen-bond acceptors (Lipinski definition) is 2. The monoisotopic (exact) mass is 719 g/mol. The first-order chi connectivity index (χ1) is 27.3. The first kappa shape index (κ1) is 32.8. The van der Waals surface area contributed by atoms with E-state index in [-0.39, 0.29) is 10.8 Å². The van der Waals surface area contributed by atoms with Gasteiger partial charge >= 0.3 is 0 Å². The van der Waals surface area contributed by atoms with Crippen molar-refractivity contribution in [2.45, 2.75) is 38.5 Å². The summed E-state index contributed by atoms with van der Waals surface area (Å²) in [5, 5.41) is 2.23. The van der Waals surface area contributed by atoms with E-state index in [1.54, 1.807) is 0 Å². The zero-order valence-corrected chi connectivity index (χ0v) is 32.1. The highest BCUT2D eigenvalue weighted by Gasteiger charge is 2.36. The molecule has 0 aliphatic heterocycles. The van der Waals surface area contributed by atoms with Crippen molar-refractivity contribution in [1.29, 1.82) is 0 Å². The van der Waals surface area contributed by atoms with Gasteiger partial charge in [-0.25, -0.2) is 0 Å². The van der Waals surface area contributed by atoms with E-state index >= 15 is 0 Å². The number of hydrogen-bond donors (Lipinski definition) is 0. The van der Waals surface area contributed by atoms with Gasteiger partial charge in [-0.05, 0) is 127 Å². The summed E-state index contributed by atoms with van der Waals surface area (Å²) in [4.78, 5) is 2.39. The molecule has 0 amide bonds. The largest absolute Gasteiger partial charge is 0.456 e. The van der Waals surface area contributed by atoms with E-state index in [0.717, 1.165) is 39.0 Å². The van der Waals surface area contributed by atoms with Gasteiger partial charge in [0.15, 0.2) is 0 Å². The Morgan fingerprint density at radius 2 is 0.804 bits per heavy atom. The average molecular weight is 720 g/mol. The third kappa shape index (κ3) is 4.82. The summed E-state index contributed by atoms with van der Waals surface area (Å²) in [6, 6.07) is 64.7. The van der Waals surface area contributed by atoms with Crippen LogP contribution in [-0.2, 0) is 10.8 Å². The van der Waals surface area contributed by atoms with E-state index in [4.69, 9.17) is 4.42 Å². The minimum atomic E-state index is -0.0254. The van der Waals surface area contributed by atoms with Crippen LogP contribution in [0.4, 0.5) is 17.1 Å². The van der Waals surface area contributed by atoms with Gasteiger partial charge in [-0.15, -0.1) is 0 Å². The maximum absolute atomic E-state index is 6.29. The molecule has 0 unspecified atom stereocenters. The van der Waals surface area contributed by atoms with Gasteiger partial charge in [0.05, 0.1) is 0 Å². The summed E-state index contributed by atoms with van der Waals surface area (Å²) in [5.74, 6) is 0. The molecular weight excluding hydrogens is 679 g/mol. The molecule has 1 heterocycles. The standard InChI is InChI=1S/C54H41NO/c1-53(2)47-20-8-5-17-41(47)44-31-36(23-26-49(44)53)34-13-11-15-38(29-34)55(40-25-28-52-46(33-40)43-19-7-10-22-51(43)56-52)39-16-12-14-35(30-39)37-24-27-50-45(32-37)42-18-6-9-21-48(42)54(50,3)4/h5-33H,1-4H3. The predicted molar refractivity (Wildman–Crippen MR) is 234 cm³/mol. The average Bonchev–Trinajstić information content (AvgIpc) is 3.80. The molecule has 0 fully saturated rings. The highest BCUT2D eigenvalue weighted by molar-refractivity contribution is 6.06. The fourth-order valence-corrected chi connectivity index (χ4v) is 9.75. The summed E-state index contributed by atoms with van der Waals surface area (Å²) >= 11 is 0. The first-order valence-corrected chi connectivity index (χ1v) is 19.7. The number of nitrogens with zero attached hydrogens (tertiary/aromatic N) is 1. The topological polar surface area (TPSA) is 16.4 Å². The van der Waals surface area contributed by atoms with Crippen LogP contribution in [0.2, 0.25) is 0 Å². The van der Waals surface area contributed by atoms with Gasteiger partial charge in [0.25, 0.3) is 0 Å². The van der Waals surface area contributed by atoms with E-state index in [0.29, 0.717) is 0 Å². The molecule has 2 aliphatic carbocycles. The summed E-state index contributed by atoms with van der Waals surface area (Å²) in [6.45, 7) is 9.36. The lowest BCUT2D eigenvalue weighted by Crippen LogP contribution is -2.14. The molecule has 0 saturated carbocycles. The van der Waals surface area contributed by atoms with Crippen LogP contribution < -0.4 is 4.90 Å². The number of fused-ring (bicyclic) bond motifs is 9. The maximum atomic E-state index is 6.29. The van der Waals surface area contributed by atoms with Crippen LogP contribution in [0.25, 0.3) is 66.4 Å². The van der Waals surface area contributed by atoms with Gasteiger partial charge in [0.1, 0.15) is 11.2 Å². The summed E-state index contributed by atoms with van der Waals surface area (Å²) in [6.07, 6.45) is 0. The lowest BCUT2D eigenvalue weighted by Gasteiger charge is -2.27. The number of benzene rings is 8. The second kappa shape index (κ2) is 11.9. The van der Waals surface area contributed by atoms with E-state index in [2.05, 4.69) is 196 Å². The Labute approximate surface area is 328 Å². The number of para-hydroxylation sites is 1. The molecule has 0 spiro atoms. The zero-order chi connectivity index (χ0) is 37.8. The van der Waals surface area contributed by atoms with Crippen LogP contribution in [0.3, 0.4) is 0 Å². The molecular formula is C54H41NO. The van der Waals surface area contributed by atoms with Crippen LogP contribution in [-0.4, -0.2) is 0 Å². The van der Waals surface area contributed by atoms with E-state index < -0.39 is 0 Å². The van der Waals surface area contributed by atoms with Crippen molar-refractivity contribution in [2.24, 2.45) is 0 Å². The third-order valence-electron chi connectivity index (χ3n) is 12.7. The Morgan fingerprint density at radius 1 is 0.339 bits per heavy atom. The summed E-state index contributed by atoms with van der Waals surface area (Å²) in [7, 11) is 0. The fourth-order valence-electron chi connectivity index (χ4n) is 9.75. The fraction of sp³-hybridized carbons (Fsp3) is 0.111. The van der Waals surface area contributed by atoms with Gasteiger partial charge in [-0.1, -0.05) is 143 Å². The van der Waals surface area contributed by atoms with Gasteiger partial charge < -0.3 is 9.32 Å². The molecule has 9 aromatic rings. The van der Waals surface area contributed by atoms with Crippen LogP contribution in [0.5, 0.6) is 0 Å². The van der Waals surface area contributed by atoms with Crippen molar-refractivity contribution in [2.75, 3.05) is 4.90 Å². The lowest BCUT2D eigenvalue weighted by molar-refractivity contribution is 0.660. The Bertz CT molecular complexity index is 2900. The van der Waals surface area contributed by atoms with E-state index in [9.17, 15) is 0 Å². The second-order valence-electron chi connectivity index (χ2n) is 16.6. The minimum absolute atomic E-state index is 0.0254. The second-order valence-corrected chi connectivity index (χ2v) is 16.6. The molecule has 0 bridgehead atoms. The minimum Gasteiger partial charge on any atom is -0.456 e. The normalized spacial score (nSPS) is 14.4. The van der Waals surface area contributed by atoms with Crippen molar-refractivity contribution in [3.63, 3.8) is 0 Å². The molecule has 268 valence electrons. The molecule has 8 aromatic carbocycles. The van der Waals surface area contributed by atoms with Crippen molar-refractivity contribution in [3.8, 4) is 44.5 Å². The van der Waals surface area contributed by atoms with Crippen molar-refractivity contribution in [1.82, 2.24) is 0 Å². The van der Waals surface area contributed by atoms with E-state index in [1.807, 2.05) is 12.1 Å². The van der Waals surface area contributed by atoms with Crippen LogP contribution in [0.1, 0.15) is 49.9 Å². The SMILES string of the molecule is CC1(C)c2ccccc2-c2cc(-c3cccc(N(c4cccc(-c5ccc6c(c5)-c5ccccc5C6(C)C)c4)c4ccc5oc6ccccc6c5c4)c3)ccc21. The molecule has 2 heteroatoms. The van der Waals surface area contributed by atoms with Crippen molar-refractivity contribution in [3.05, 3.63) is 198 Å². The predicted octanol–water partition coefficient (Wildman–Crippen LogP) is 15.0. The van der Waals surface area contributed by atoms with Crippen molar-refractivity contribution >= 4 is 39.0 Å². The summed E-state index contributed by atoms with van der Waals surface area (Å²) in [5.41, 5.74) is 20.7. The van der Waals surface area contributed by atoms with Crippen LogP contribution in [0, 0.1) is 0 Å². The third-order valence-corrected chi connectivity index (χ3v) is 12.7. The quantitative estimate of drug-likeness (QED) is 0.176. The van der Waals surface area contributed by atoms with Crippen molar-refractivity contribution < 1.29 is 4.42 Å². The molecule has 56 heavy (non-hydrogen) atoms. The maximum Gasteiger partial charge on any atom is 0.135 e. The highest BCUT2D eigenvalue weighted by Crippen LogP contribution is 2.51. The zero-order valence-electron chi connectivity index (χ0n) is 32.1. The van der Waals surface area contributed by atoms with Gasteiger partial charge in [-0.3, -0.25) is 0 Å². The van der Waals surface area contributed by atoms with E-state index in [1.165, 1.54) is 66.8 Å². The smallest absolute Gasteiger partial charge is 0.135 e. The van der Waals surface area contributed by atoms with Crippen LogP contribution >= 0.6 is 0 Å². The number of furan rings is 1. The van der Waals surface area contributed by atoms with Gasteiger partial charge in [-0.2, -0.15) is 0 Å². The van der Waals surface area contributed by atoms with Crippen LogP contribution in [0.15, 0.2) is 180 Å². The molecule has 0 atom stereocenters. The Morgan fingerprint density at radius 3 is 1.39 bits per heavy atom. The Balaban J connectivity index is 1.06. The molecule has 0 saturated heterocycles. The molecule has 2 nitrogen and oxygen atoms in total. The highest BCUT2D eigenvalue weighted by atomic mass is 16.3. The van der Waals surface area contributed by atoms with Gasteiger partial charge in [0.2, 0.25) is 0 Å².